The van der Waals surface area contributed by atoms with E-state index >= 15 is 0 Å². The van der Waals surface area contributed by atoms with Crippen LogP contribution in [0.5, 0.6) is 0 Å². The number of carbonyl (C=O) groups excluding carboxylic acids is 3. The van der Waals surface area contributed by atoms with Gasteiger partial charge in [-0.25, -0.2) is 19.4 Å². The lowest BCUT2D eigenvalue weighted by Crippen LogP contribution is -2.58. The Balaban J connectivity index is 1.63. The van der Waals surface area contributed by atoms with Gasteiger partial charge in [-0.1, -0.05) is 44.2 Å². The maximum absolute atomic E-state index is 13.8. The van der Waals surface area contributed by atoms with Gasteiger partial charge in [0.05, 0.1) is 6.54 Å². The Morgan fingerprint density at radius 1 is 1.13 bits per heavy atom. The van der Waals surface area contributed by atoms with Crippen LogP contribution in [0.1, 0.15) is 46.6 Å². The number of aromatic nitrogens is 4. The molecule has 39 heavy (non-hydrogen) atoms. The Labute approximate surface area is 226 Å². The number of nitrogens with one attached hydrogen (secondary N) is 1. The van der Waals surface area contributed by atoms with Crippen molar-refractivity contribution in [3.63, 3.8) is 0 Å². The molecule has 1 aliphatic heterocycles. The van der Waals surface area contributed by atoms with Gasteiger partial charge >= 0.3 is 18.0 Å². The summed E-state index contributed by atoms with van der Waals surface area (Å²) in [6.07, 6.45) is 0.693. The Kier molecular flexibility index (Phi) is 8.14. The number of hydrogen-bond donors (Lipinski definition) is 1. The number of likely N-dealkylation sites (tertiary alicyclic amines) is 1. The van der Waals surface area contributed by atoms with Crippen LogP contribution in [-0.4, -0.2) is 73.3 Å². The Hall–Kier alpha value is -4.06. The molecule has 1 aromatic carbocycles. The topological polar surface area (TPSA) is 138 Å². The van der Waals surface area contributed by atoms with Crippen LogP contribution in [-0.2, 0) is 25.7 Å². The molecule has 2 aromatic heterocycles. The van der Waals surface area contributed by atoms with Crippen LogP contribution in [0.4, 0.5) is 4.79 Å². The van der Waals surface area contributed by atoms with Crippen LogP contribution in [0, 0.1) is 5.92 Å². The molecule has 12 heteroatoms. The molecule has 0 radical (unpaired) electrons. The Morgan fingerprint density at radius 3 is 2.56 bits per heavy atom. The Bertz CT molecular complexity index is 1320. The molecule has 0 aliphatic carbocycles. The van der Waals surface area contributed by atoms with E-state index in [1.807, 2.05) is 44.2 Å². The van der Waals surface area contributed by atoms with Crippen LogP contribution >= 0.6 is 0 Å². The second-order valence-corrected chi connectivity index (χ2v) is 11.0. The zero-order chi connectivity index (χ0) is 28.2. The molecule has 3 heterocycles. The summed E-state index contributed by atoms with van der Waals surface area (Å²) in [4.78, 5) is 52.3. The summed E-state index contributed by atoms with van der Waals surface area (Å²) in [5.74, 6) is -1.23. The van der Waals surface area contributed by atoms with E-state index in [4.69, 9.17) is 14.3 Å². The fourth-order valence-electron chi connectivity index (χ4n) is 4.20. The summed E-state index contributed by atoms with van der Waals surface area (Å²) in [6.45, 7) is 9.40. The number of esters is 1. The first kappa shape index (κ1) is 28.0. The first-order valence-corrected chi connectivity index (χ1v) is 12.8. The number of carbonyl (C=O) groups is 3. The van der Waals surface area contributed by atoms with Crippen LogP contribution in [0.25, 0.3) is 11.2 Å². The molecule has 1 aliphatic rings. The predicted molar refractivity (Wildman–Crippen MR) is 140 cm³/mol. The summed E-state index contributed by atoms with van der Waals surface area (Å²) < 4.78 is 11.2. The highest BCUT2D eigenvalue weighted by Crippen LogP contribution is 2.31. The van der Waals surface area contributed by atoms with Gasteiger partial charge in [0.1, 0.15) is 29.3 Å². The third-order valence-corrected chi connectivity index (χ3v) is 6.07. The molecule has 3 aromatic rings. The van der Waals surface area contributed by atoms with Gasteiger partial charge in [-0.15, -0.1) is 5.10 Å². The zero-order valence-electron chi connectivity index (χ0n) is 22.8. The minimum absolute atomic E-state index is 0.00466. The van der Waals surface area contributed by atoms with Crippen molar-refractivity contribution in [2.45, 2.75) is 64.8 Å². The summed E-state index contributed by atoms with van der Waals surface area (Å²) >= 11 is 0. The van der Waals surface area contributed by atoms with Gasteiger partial charge in [0.15, 0.2) is 0 Å². The molecule has 12 nitrogen and oxygen atoms in total. The smallest absolute Gasteiger partial charge is 0.410 e. The number of amides is 1. The lowest BCUT2D eigenvalue weighted by Gasteiger charge is -2.28. The normalized spacial score (nSPS) is 19.3. The van der Waals surface area contributed by atoms with Gasteiger partial charge in [-0.2, -0.15) is 0 Å². The van der Waals surface area contributed by atoms with Crippen LogP contribution in [0.3, 0.4) is 0 Å². The standard InChI is InChI=1S/C27H34N6O6/c1-18(2)15-29-27(24(35)39-33-22-20(30-31-33)12-9-13-28-22)14-21(23(34)38-26(3,4)5)32(17-27)25(36)37-16-19-10-7-6-8-11-19/h6-13,18,21,29H,14-17H2,1-5H3/t21-,27-/m0/s1. The Morgan fingerprint density at radius 2 is 1.87 bits per heavy atom. The SMILES string of the molecule is CC(C)CN[C@@]1(C(=O)On2nnc3cccnc32)C[C@@H](C(=O)OC(C)(C)C)N(C(=O)OCc2ccccc2)C1. The number of ether oxygens (including phenoxy) is 2. The average molecular weight is 539 g/mol. The van der Waals surface area contributed by atoms with Gasteiger partial charge in [0.2, 0.25) is 5.65 Å². The van der Waals surface area contributed by atoms with Gasteiger partial charge < -0.3 is 14.3 Å². The number of fused-ring (bicyclic) bond motifs is 1. The number of nitrogens with zero attached hydrogens (tertiary/aromatic N) is 5. The molecule has 4 rings (SSSR count). The van der Waals surface area contributed by atoms with E-state index in [1.54, 1.807) is 32.9 Å². The molecule has 208 valence electrons. The second-order valence-electron chi connectivity index (χ2n) is 11.0. The second kappa shape index (κ2) is 11.4. The largest absolute Gasteiger partial charge is 0.458 e. The van der Waals surface area contributed by atoms with Crippen LogP contribution in [0.2, 0.25) is 0 Å². The number of rotatable bonds is 8. The quantitative estimate of drug-likeness (QED) is 0.336. The highest BCUT2D eigenvalue weighted by molar-refractivity contribution is 5.89. The molecule has 1 saturated heterocycles. The fraction of sp³-hybridized carbons (Fsp3) is 0.481. The fourth-order valence-corrected chi connectivity index (χ4v) is 4.20. The third-order valence-electron chi connectivity index (χ3n) is 6.07. The van der Waals surface area contributed by atoms with E-state index in [1.165, 1.54) is 11.1 Å². The molecule has 0 bridgehead atoms. The number of hydrogen-bond acceptors (Lipinski definition) is 10. The van der Waals surface area contributed by atoms with Crippen molar-refractivity contribution in [3.05, 3.63) is 54.2 Å². The molecule has 1 N–H and O–H groups in total. The molecule has 0 unspecified atom stereocenters. The van der Waals surface area contributed by atoms with Gasteiger partial charge in [0, 0.05) is 12.6 Å². The van der Waals surface area contributed by atoms with Gasteiger partial charge in [-0.3, -0.25) is 10.2 Å². The van der Waals surface area contributed by atoms with Crippen LogP contribution in [0.15, 0.2) is 48.7 Å². The molecule has 1 amide bonds. The maximum Gasteiger partial charge on any atom is 0.410 e. The van der Waals surface area contributed by atoms with Crippen molar-refractivity contribution in [3.8, 4) is 0 Å². The van der Waals surface area contributed by atoms with Crippen molar-refractivity contribution in [1.82, 2.24) is 30.4 Å². The summed E-state index contributed by atoms with van der Waals surface area (Å²) in [7, 11) is 0. The lowest BCUT2D eigenvalue weighted by atomic mass is 9.95. The van der Waals surface area contributed by atoms with E-state index in [0.717, 1.165) is 10.4 Å². The van der Waals surface area contributed by atoms with Gasteiger partial charge in [-0.05, 0) is 61.0 Å². The minimum atomic E-state index is -1.45. The first-order chi connectivity index (χ1) is 18.5. The number of pyridine rings is 1. The van der Waals surface area contributed by atoms with Crippen molar-refractivity contribution >= 4 is 29.2 Å². The summed E-state index contributed by atoms with van der Waals surface area (Å²) in [5, 5.41) is 11.1. The molecule has 1 fully saturated rings. The highest BCUT2D eigenvalue weighted by atomic mass is 16.7. The van der Waals surface area contributed by atoms with Crippen molar-refractivity contribution in [2.75, 3.05) is 13.1 Å². The highest BCUT2D eigenvalue weighted by Gasteiger charge is 2.56. The molecular weight excluding hydrogens is 504 g/mol. The van der Waals surface area contributed by atoms with Crippen molar-refractivity contribution in [1.29, 1.82) is 0 Å². The zero-order valence-corrected chi connectivity index (χ0v) is 22.8. The van der Waals surface area contributed by atoms with E-state index < -0.39 is 35.2 Å². The predicted octanol–water partition coefficient (Wildman–Crippen LogP) is 2.52. The first-order valence-electron chi connectivity index (χ1n) is 12.8. The lowest BCUT2D eigenvalue weighted by molar-refractivity contribution is -0.160. The van der Waals surface area contributed by atoms with Crippen molar-refractivity contribution < 1.29 is 28.7 Å². The monoisotopic (exact) mass is 538 g/mol. The third kappa shape index (κ3) is 6.69. The summed E-state index contributed by atoms with van der Waals surface area (Å²) in [6, 6.07) is 11.5. The molecule has 0 saturated carbocycles. The molecule has 2 atom stereocenters. The summed E-state index contributed by atoms with van der Waals surface area (Å²) in [5.41, 5.74) is -0.776. The molecular formula is C27H34N6O6. The average Bonchev–Trinajstić information content (AvgIpc) is 3.49. The van der Waals surface area contributed by atoms with E-state index in [9.17, 15) is 14.4 Å². The van der Waals surface area contributed by atoms with E-state index in [-0.39, 0.29) is 31.1 Å². The van der Waals surface area contributed by atoms with E-state index in [0.29, 0.717) is 12.1 Å². The maximum atomic E-state index is 13.8. The van der Waals surface area contributed by atoms with Crippen LogP contribution < -0.4 is 10.2 Å². The van der Waals surface area contributed by atoms with E-state index in [2.05, 4.69) is 20.6 Å². The molecule has 0 spiro atoms. The minimum Gasteiger partial charge on any atom is -0.458 e. The van der Waals surface area contributed by atoms with Gasteiger partial charge in [0.25, 0.3) is 0 Å². The number of benzene rings is 1. The van der Waals surface area contributed by atoms with Crippen molar-refractivity contribution in [2.24, 2.45) is 5.92 Å².